The van der Waals surface area contributed by atoms with Crippen LogP contribution in [0.4, 0.5) is 0 Å². The summed E-state index contributed by atoms with van der Waals surface area (Å²) in [4.78, 5) is 1.63. The van der Waals surface area contributed by atoms with Crippen LogP contribution in [0.2, 0.25) is 0 Å². The van der Waals surface area contributed by atoms with E-state index < -0.39 is 12.4 Å². The number of aliphatic hydroxyl groups excluding tert-OH is 1. The van der Waals surface area contributed by atoms with Crippen molar-refractivity contribution in [3.63, 3.8) is 0 Å². The van der Waals surface area contributed by atoms with Crippen LogP contribution in [-0.4, -0.2) is 43.3 Å². The van der Waals surface area contributed by atoms with Crippen molar-refractivity contribution < 1.29 is 24.1 Å². The number of aromatic nitrogens is 2. The summed E-state index contributed by atoms with van der Waals surface area (Å²) >= 11 is 1.43. The van der Waals surface area contributed by atoms with Gasteiger partial charge in [-0.1, -0.05) is 0 Å². The van der Waals surface area contributed by atoms with Gasteiger partial charge in [0, 0.05) is 24.7 Å². The molecule has 33 heavy (non-hydrogen) atoms. The first-order chi connectivity index (χ1) is 16.1. The normalized spacial score (nSPS) is 12.2. The Bertz CT molecular complexity index is 1120. The molecule has 1 atom stereocenters. The van der Waals surface area contributed by atoms with E-state index in [1.54, 1.807) is 28.4 Å². The minimum absolute atomic E-state index is 0.470. The first-order valence-electron chi connectivity index (χ1n) is 10.3. The molecular formula is C25H26N2O5S. The predicted molar refractivity (Wildman–Crippen MR) is 127 cm³/mol. The molecule has 172 valence electrons. The lowest BCUT2D eigenvalue weighted by Crippen LogP contribution is -2.03. The molecule has 0 fully saturated rings. The van der Waals surface area contributed by atoms with Crippen molar-refractivity contribution in [2.24, 2.45) is 0 Å². The summed E-state index contributed by atoms with van der Waals surface area (Å²) in [5, 5.41) is 15.9. The van der Waals surface area contributed by atoms with Crippen molar-refractivity contribution in [2.45, 2.75) is 12.4 Å². The molecule has 0 aliphatic carbocycles. The summed E-state index contributed by atoms with van der Waals surface area (Å²) in [5.74, 6) is 1.53. The zero-order chi connectivity index (χ0) is 23.4. The lowest BCUT2D eigenvalue weighted by Gasteiger charge is -2.10. The zero-order valence-corrected chi connectivity index (χ0v) is 19.7. The Morgan fingerprint density at radius 1 is 0.788 bits per heavy atom. The first kappa shape index (κ1) is 23.0. The van der Waals surface area contributed by atoms with Crippen LogP contribution in [0.1, 0.15) is 27.8 Å². The molecule has 8 heteroatoms. The van der Waals surface area contributed by atoms with E-state index in [2.05, 4.69) is 0 Å². The average molecular weight is 467 g/mol. The maximum absolute atomic E-state index is 11.1. The van der Waals surface area contributed by atoms with Gasteiger partial charge in [-0.2, -0.15) is 5.10 Å². The number of ether oxygens (including phenoxy) is 4. The van der Waals surface area contributed by atoms with E-state index in [9.17, 15) is 5.11 Å². The number of hydrogen-bond donors (Lipinski definition) is 1. The van der Waals surface area contributed by atoms with Gasteiger partial charge in [-0.25, -0.2) is 4.68 Å². The van der Waals surface area contributed by atoms with Gasteiger partial charge in [-0.05, 0) is 66.7 Å². The van der Waals surface area contributed by atoms with Crippen LogP contribution in [0, 0.1) is 0 Å². The summed E-state index contributed by atoms with van der Waals surface area (Å²) in [7, 11) is 6.44. The Morgan fingerprint density at radius 3 is 1.94 bits per heavy atom. The van der Waals surface area contributed by atoms with E-state index >= 15 is 0 Å². The second kappa shape index (κ2) is 10.2. The van der Waals surface area contributed by atoms with Gasteiger partial charge in [0.2, 0.25) is 0 Å². The molecule has 4 rings (SSSR count). The fraction of sp³-hybridized carbons (Fsp3) is 0.240. The van der Waals surface area contributed by atoms with E-state index in [1.807, 2.05) is 71.4 Å². The molecule has 0 aliphatic heterocycles. The van der Waals surface area contributed by atoms with Gasteiger partial charge >= 0.3 is 0 Å². The molecule has 1 N–H and O–H groups in total. The van der Waals surface area contributed by atoms with Gasteiger partial charge in [0.25, 0.3) is 0 Å². The highest BCUT2D eigenvalue weighted by molar-refractivity contribution is 7.12. The Morgan fingerprint density at radius 2 is 1.36 bits per heavy atom. The van der Waals surface area contributed by atoms with Gasteiger partial charge in [0.1, 0.15) is 17.6 Å². The fourth-order valence-corrected chi connectivity index (χ4v) is 4.60. The number of thiophene rings is 1. The minimum atomic E-state index is -0.894. The molecular weight excluding hydrogens is 440 g/mol. The number of nitrogens with zero attached hydrogens (tertiary/aromatic N) is 2. The SMILES string of the molecule is COc1ccc(-c2cc(C(O)c3ccc(C(OC)OC)s3)nn2-c2ccc(OC)cc2)cc1. The summed E-state index contributed by atoms with van der Waals surface area (Å²) < 4.78 is 23.1. The van der Waals surface area contributed by atoms with Crippen molar-refractivity contribution in [1.29, 1.82) is 0 Å². The molecule has 0 saturated carbocycles. The van der Waals surface area contributed by atoms with Crippen molar-refractivity contribution >= 4 is 11.3 Å². The van der Waals surface area contributed by atoms with Crippen LogP contribution < -0.4 is 9.47 Å². The molecule has 1 unspecified atom stereocenters. The molecule has 4 aromatic rings. The van der Waals surface area contributed by atoms with E-state index in [0.29, 0.717) is 5.69 Å². The summed E-state index contributed by atoms with van der Waals surface area (Å²) in [6.45, 7) is 0. The summed E-state index contributed by atoms with van der Waals surface area (Å²) in [6, 6.07) is 21.0. The highest BCUT2D eigenvalue weighted by atomic mass is 32.1. The number of benzene rings is 2. The van der Waals surface area contributed by atoms with Gasteiger partial charge in [-0.15, -0.1) is 11.3 Å². The predicted octanol–water partition coefficient (Wildman–Crippen LogP) is 4.99. The van der Waals surface area contributed by atoms with Crippen molar-refractivity contribution in [2.75, 3.05) is 28.4 Å². The summed E-state index contributed by atoms with van der Waals surface area (Å²) in [6.07, 6.45) is -1.36. The van der Waals surface area contributed by atoms with E-state index in [-0.39, 0.29) is 0 Å². The van der Waals surface area contributed by atoms with E-state index in [4.69, 9.17) is 24.0 Å². The fourth-order valence-electron chi connectivity index (χ4n) is 3.54. The second-order valence-corrected chi connectivity index (χ2v) is 8.39. The van der Waals surface area contributed by atoms with Crippen LogP contribution in [0.5, 0.6) is 11.5 Å². The topological polar surface area (TPSA) is 75.0 Å². The maximum Gasteiger partial charge on any atom is 0.192 e. The molecule has 2 aromatic heterocycles. The quantitative estimate of drug-likeness (QED) is 0.350. The minimum Gasteiger partial charge on any atom is -0.497 e. The molecule has 0 bridgehead atoms. The van der Waals surface area contributed by atoms with E-state index in [0.717, 1.165) is 38.2 Å². The molecule has 2 aromatic carbocycles. The van der Waals surface area contributed by atoms with Gasteiger partial charge in [0.05, 0.1) is 36.2 Å². The molecule has 0 radical (unpaired) electrons. The third-order valence-electron chi connectivity index (χ3n) is 5.29. The van der Waals surface area contributed by atoms with E-state index in [1.165, 1.54) is 11.3 Å². The standard InChI is InChI=1S/C25H26N2O5S/c1-29-18-9-5-16(6-10-18)21-15-20(26-27(21)17-7-11-19(30-2)12-8-17)24(28)22-13-14-23(33-22)25(31-3)32-4/h5-15,24-25,28H,1-4H3. The molecule has 0 amide bonds. The highest BCUT2D eigenvalue weighted by Gasteiger charge is 2.22. The monoisotopic (exact) mass is 466 g/mol. The second-order valence-electron chi connectivity index (χ2n) is 7.24. The van der Waals surface area contributed by atoms with Crippen LogP contribution >= 0.6 is 11.3 Å². The van der Waals surface area contributed by atoms with Crippen molar-refractivity contribution in [3.8, 4) is 28.4 Å². The smallest absolute Gasteiger partial charge is 0.192 e. The van der Waals surface area contributed by atoms with Gasteiger partial charge in [-0.3, -0.25) is 0 Å². The number of rotatable bonds is 9. The third-order valence-corrected chi connectivity index (χ3v) is 6.45. The van der Waals surface area contributed by atoms with Gasteiger partial charge in [0.15, 0.2) is 6.29 Å². The number of hydrogen-bond acceptors (Lipinski definition) is 7. The molecule has 2 heterocycles. The number of methoxy groups -OCH3 is 4. The lowest BCUT2D eigenvalue weighted by atomic mass is 10.1. The van der Waals surface area contributed by atoms with Crippen LogP contribution in [0.3, 0.4) is 0 Å². The molecule has 0 aliphatic rings. The Balaban J connectivity index is 1.75. The zero-order valence-electron chi connectivity index (χ0n) is 18.9. The molecule has 0 spiro atoms. The van der Waals surface area contributed by atoms with Crippen LogP contribution in [0.25, 0.3) is 16.9 Å². The molecule has 7 nitrogen and oxygen atoms in total. The number of aliphatic hydroxyl groups is 1. The highest BCUT2D eigenvalue weighted by Crippen LogP contribution is 2.35. The Hall–Kier alpha value is -3.17. The Kier molecular flexibility index (Phi) is 7.10. The lowest BCUT2D eigenvalue weighted by molar-refractivity contribution is -0.103. The third kappa shape index (κ3) is 4.79. The maximum atomic E-state index is 11.1. The largest absolute Gasteiger partial charge is 0.497 e. The van der Waals surface area contributed by atoms with Crippen LogP contribution in [-0.2, 0) is 9.47 Å². The van der Waals surface area contributed by atoms with Crippen LogP contribution in [0.15, 0.2) is 66.7 Å². The molecule has 0 saturated heterocycles. The van der Waals surface area contributed by atoms with Gasteiger partial charge < -0.3 is 24.1 Å². The van der Waals surface area contributed by atoms with Crippen molar-refractivity contribution in [3.05, 3.63) is 82.2 Å². The summed E-state index contributed by atoms with van der Waals surface area (Å²) in [5.41, 5.74) is 3.19. The van der Waals surface area contributed by atoms with Crippen molar-refractivity contribution in [1.82, 2.24) is 9.78 Å². The average Bonchev–Trinajstić information content (AvgIpc) is 3.53. The Labute approximate surface area is 196 Å². The first-order valence-corrected chi connectivity index (χ1v) is 11.1.